The Morgan fingerprint density at radius 3 is 2.00 bits per heavy atom. The van der Waals surface area contributed by atoms with Gasteiger partial charge in [0.15, 0.2) is 4.90 Å². The number of nitrogens with one attached hydrogen (secondary N) is 1. The lowest BCUT2D eigenvalue weighted by atomic mass is 10.1. The van der Waals surface area contributed by atoms with Crippen LogP contribution in [0.25, 0.3) is 0 Å². The number of alkyl halides is 3. The third kappa shape index (κ3) is 3.88. The van der Waals surface area contributed by atoms with E-state index in [1.165, 1.54) is 0 Å². The molecule has 0 heterocycles. The van der Waals surface area contributed by atoms with Crippen molar-refractivity contribution < 1.29 is 34.8 Å². The van der Waals surface area contributed by atoms with Gasteiger partial charge in [0.2, 0.25) is 10.0 Å². The van der Waals surface area contributed by atoms with Crippen molar-refractivity contribution in [3.8, 4) is 0 Å². The lowest BCUT2D eigenvalue weighted by Crippen LogP contribution is -2.25. The molecule has 0 atom stereocenters. The molecule has 1 N–H and O–H groups in total. The van der Waals surface area contributed by atoms with Crippen molar-refractivity contribution in [2.45, 2.75) is 17.6 Å². The van der Waals surface area contributed by atoms with Gasteiger partial charge in [0.1, 0.15) is 17.5 Å². The number of sulfonamides is 1. The molecule has 2 rings (SSSR count). The lowest BCUT2D eigenvalue weighted by molar-refractivity contribution is -0.140. The first-order valence-corrected chi connectivity index (χ1v) is 7.80. The lowest BCUT2D eigenvalue weighted by Gasteiger charge is -2.11. The summed E-state index contributed by atoms with van der Waals surface area (Å²) in [6.07, 6.45) is -4.89. The summed E-state index contributed by atoms with van der Waals surface area (Å²) in [5.41, 5.74) is -1.66. The Kier molecular flexibility index (Phi) is 4.90. The minimum Gasteiger partial charge on any atom is -0.207 e. The monoisotopic (exact) mass is 369 g/mol. The molecule has 24 heavy (non-hydrogen) atoms. The molecule has 10 heteroatoms. The van der Waals surface area contributed by atoms with Crippen LogP contribution in [0.15, 0.2) is 41.3 Å². The van der Waals surface area contributed by atoms with E-state index in [1.807, 2.05) is 0 Å². The van der Waals surface area contributed by atoms with Crippen molar-refractivity contribution in [1.82, 2.24) is 4.72 Å². The zero-order valence-corrected chi connectivity index (χ0v) is 12.5. The van der Waals surface area contributed by atoms with E-state index in [2.05, 4.69) is 0 Å². The van der Waals surface area contributed by atoms with E-state index in [-0.39, 0.29) is 5.56 Å². The van der Waals surface area contributed by atoms with Crippen molar-refractivity contribution in [2.24, 2.45) is 0 Å². The zero-order valence-electron chi connectivity index (χ0n) is 11.7. The predicted molar refractivity (Wildman–Crippen MR) is 71.8 cm³/mol. The molecule has 0 saturated carbocycles. The van der Waals surface area contributed by atoms with Gasteiger partial charge < -0.3 is 0 Å². The Bertz CT molecular complexity index is 844. The van der Waals surface area contributed by atoms with Gasteiger partial charge in [0.25, 0.3) is 0 Å². The topological polar surface area (TPSA) is 46.2 Å². The van der Waals surface area contributed by atoms with Crippen molar-refractivity contribution in [3.05, 3.63) is 65.0 Å². The normalized spacial score (nSPS) is 12.4. The van der Waals surface area contributed by atoms with Gasteiger partial charge in [0.05, 0.1) is 5.56 Å². The number of hydrogen-bond donors (Lipinski definition) is 1. The number of rotatable bonds is 4. The summed E-state index contributed by atoms with van der Waals surface area (Å²) in [5, 5.41) is 0. The van der Waals surface area contributed by atoms with Gasteiger partial charge in [-0.3, -0.25) is 0 Å². The van der Waals surface area contributed by atoms with Crippen LogP contribution in [0, 0.1) is 17.5 Å². The van der Waals surface area contributed by atoms with Crippen LogP contribution in [-0.4, -0.2) is 8.42 Å². The molecular formula is C14H9F6NO2S. The zero-order chi connectivity index (χ0) is 18.1. The van der Waals surface area contributed by atoms with E-state index < -0.39 is 50.7 Å². The Morgan fingerprint density at radius 1 is 0.917 bits per heavy atom. The molecule has 0 saturated heterocycles. The smallest absolute Gasteiger partial charge is 0.207 e. The average molecular weight is 369 g/mol. The van der Waals surface area contributed by atoms with E-state index in [9.17, 15) is 34.8 Å². The molecule has 0 aromatic heterocycles. The van der Waals surface area contributed by atoms with E-state index in [0.29, 0.717) is 12.1 Å². The van der Waals surface area contributed by atoms with Crippen LogP contribution in [0.1, 0.15) is 11.1 Å². The molecule has 0 aliphatic carbocycles. The molecule has 3 nitrogen and oxygen atoms in total. The van der Waals surface area contributed by atoms with Gasteiger partial charge in [-0.25, -0.2) is 26.3 Å². The molecule has 0 aliphatic rings. The highest BCUT2D eigenvalue weighted by Gasteiger charge is 2.34. The molecule has 2 aromatic rings. The molecule has 2 aromatic carbocycles. The molecule has 0 aliphatic heterocycles. The maximum Gasteiger partial charge on any atom is 0.419 e. The summed E-state index contributed by atoms with van der Waals surface area (Å²) >= 11 is 0. The van der Waals surface area contributed by atoms with Crippen LogP contribution in [0.3, 0.4) is 0 Å². The van der Waals surface area contributed by atoms with Crippen LogP contribution >= 0.6 is 0 Å². The second kappa shape index (κ2) is 6.44. The average Bonchev–Trinajstić information content (AvgIpc) is 2.43. The minimum atomic E-state index is -4.89. The first-order chi connectivity index (χ1) is 11.0. The highest BCUT2D eigenvalue weighted by molar-refractivity contribution is 7.89. The van der Waals surface area contributed by atoms with E-state index in [4.69, 9.17) is 0 Å². The Hall–Kier alpha value is -2.07. The SMILES string of the molecule is O=S(=O)(NCc1ccc(C(F)(F)F)c(F)c1)c1c(F)cccc1F. The van der Waals surface area contributed by atoms with Crippen LogP contribution < -0.4 is 4.72 Å². The maximum atomic E-state index is 13.5. The molecule has 0 unspecified atom stereocenters. The van der Waals surface area contributed by atoms with E-state index in [1.54, 1.807) is 4.72 Å². The largest absolute Gasteiger partial charge is 0.419 e. The highest BCUT2D eigenvalue weighted by atomic mass is 32.2. The highest BCUT2D eigenvalue weighted by Crippen LogP contribution is 2.31. The van der Waals surface area contributed by atoms with Gasteiger partial charge in [-0.05, 0) is 29.8 Å². The number of hydrogen-bond acceptors (Lipinski definition) is 2. The third-order valence-electron chi connectivity index (χ3n) is 2.99. The van der Waals surface area contributed by atoms with Crippen molar-refractivity contribution in [3.63, 3.8) is 0 Å². The Labute approximate surface area is 133 Å². The van der Waals surface area contributed by atoms with Crippen molar-refractivity contribution in [1.29, 1.82) is 0 Å². The molecule has 130 valence electrons. The van der Waals surface area contributed by atoms with Gasteiger partial charge in [-0.1, -0.05) is 12.1 Å². The predicted octanol–water partition coefficient (Wildman–Crippen LogP) is 3.60. The number of benzene rings is 2. The molecular weight excluding hydrogens is 360 g/mol. The summed E-state index contributed by atoms with van der Waals surface area (Å²) in [6, 6.07) is 4.22. The van der Waals surface area contributed by atoms with E-state index in [0.717, 1.165) is 24.3 Å². The first-order valence-electron chi connectivity index (χ1n) is 6.31. The van der Waals surface area contributed by atoms with Crippen LogP contribution in [-0.2, 0) is 22.7 Å². The summed E-state index contributed by atoms with van der Waals surface area (Å²) in [6.45, 7) is -0.648. The molecule has 0 fully saturated rings. The summed E-state index contributed by atoms with van der Waals surface area (Å²) in [5.74, 6) is -4.25. The van der Waals surface area contributed by atoms with Crippen LogP contribution in [0.5, 0.6) is 0 Å². The molecule has 0 amide bonds. The molecule has 0 bridgehead atoms. The summed E-state index contributed by atoms with van der Waals surface area (Å²) < 4.78 is 103. The second-order valence-corrected chi connectivity index (χ2v) is 6.39. The van der Waals surface area contributed by atoms with E-state index >= 15 is 0 Å². The maximum absolute atomic E-state index is 13.5. The Morgan fingerprint density at radius 2 is 1.50 bits per heavy atom. The fourth-order valence-electron chi connectivity index (χ4n) is 1.89. The Balaban J connectivity index is 2.23. The van der Waals surface area contributed by atoms with Gasteiger partial charge in [-0.15, -0.1) is 0 Å². The third-order valence-corrected chi connectivity index (χ3v) is 4.44. The quantitative estimate of drug-likeness (QED) is 0.837. The fourth-order valence-corrected chi connectivity index (χ4v) is 3.04. The van der Waals surface area contributed by atoms with Crippen molar-refractivity contribution in [2.75, 3.05) is 0 Å². The molecule has 0 radical (unpaired) electrons. The molecule has 0 spiro atoms. The van der Waals surface area contributed by atoms with Crippen LogP contribution in [0.4, 0.5) is 26.3 Å². The van der Waals surface area contributed by atoms with Crippen LogP contribution in [0.2, 0.25) is 0 Å². The first kappa shape index (κ1) is 18.3. The fraction of sp³-hybridized carbons (Fsp3) is 0.143. The van der Waals surface area contributed by atoms with Gasteiger partial charge in [0, 0.05) is 6.54 Å². The van der Waals surface area contributed by atoms with Gasteiger partial charge >= 0.3 is 6.18 Å². The van der Waals surface area contributed by atoms with Gasteiger partial charge in [-0.2, -0.15) is 13.2 Å². The van der Waals surface area contributed by atoms with Crippen molar-refractivity contribution >= 4 is 10.0 Å². The second-order valence-electron chi connectivity index (χ2n) is 4.69. The minimum absolute atomic E-state index is 0.152. The summed E-state index contributed by atoms with van der Waals surface area (Å²) in [4.78, 5) is -1.22. The number of halogens is 6. The summed E-state index contributed by atoms with van der Waals surface area (Å²) in [7, 11) is -4.62. The standard InChI is InChI=1S/C14H9F6NO2S/c15-10-2-1-3-11(16)13(10)24(22,23)21-7-8-4-5-9(12(17)6-8)14(18,19)20/h1-6,21H,7H2.